The number of hydrogen-bond acceptors (Lipinski definition) is 2. The fourth-order valence-electron chi connectivity index (χ4n) is 1.12. The molecule has 12 heavy (non-hydrogen) atoms. The maximum absolute atomic E-state index is 5.20. The summed E-state index contributed by atoms with van der Waals surface area (Å²) in [4.78, 5) is 0. The van der Waals surface area contributed by atoms with Crippen molar-refractivity contribution >= 4 is 0 Å². The molecule has 0 atom stereocenters. The lowest BCUT2D eigenvalue weighted by Crippen LogP contribution is -1.87. The molecule has 0 bridgehead atoms. The largest absolute Gasteiger partial charge is 0.500 e. The van der Waals surface area contributed by atoms with E-state index in [0.717, 1.165) is 23.5 Å². The zero-order valence-electron chi connectivity index (χ0n) is 7.76. The summed E-state index contributed by atoms with van der Waals surface area (Å²) in [5.41, 5.74) is 1.15. The first kappa shape index (κ1) is 8.91. The third-order valence-electron chi connectivity index (χ3n) is 1.91. The van der Waals surface area contributed by atoms with E-state index in [0.29, 0.717) is 0 Å². The van der Waals surface area contributed by atoms with Gasteiger partial charge in [-0.15, -0.1) is 0 Å². The molecule has 0 aliphatic heterocycles. The van der Waals surface area contributed by atoms with Gasteiger partial charge in [-0.25, -0.2) is 0 Å². The lowest BCUT2D eigenvalue weighted by Gasteiger charge is -2.03. The van der Waals surface area contributed by atoms with Gasteiger partial charge in [-0.05, 0) is 24.6 Å². The SMILES string of the molecule is COC1=CCC(OC)=C(C)C=C1. The molecule has 1 rings (SSSR count). The van der Waals surface area contributed by atoms with E-state index in [1.165, 1.54) is 0 Å². The molecule has 0 spiro atoms. The Balaban J connectivity index is 2.82. The minimum Gasteiger partial charge on any atom is -0.500 e. The van der Waals surface area contributed by atoms with Gasteiger partial charge in [-0.3, -0.25) is 0 Å². The molecule has 0 saturated heterocycles. The first-order valence-electron chi connectivity index (χ1n) is 3.94. The van der Waals surface area contributed by atoms with E-state index in [-0.39, 0.29) is 0 Å². The Kier molecular flexibility index (Phi) is 2.97. The second-order valence-electron chi connectivity index (χ2n) is 2.66. The molecule has 0 fully saturated rings. The molecular weight excluding hydrogens is 152 g/mol. The van der Waals surface area contributed by atoms with E-state index in [2.05, 4.69) is 0 Å². The third-order valence-corrected chi connectivity index (χ3v) is 1.91. The van der Waals surface area contributed by atoms with Crippen LogP contribution in [0.15, 0.2) is 35.3 Å². The molecule has 66 valence electrons. The first-order chi connectivity index (χ1) is 5.77. The molecule has 2 heteroatoms. The predicted molar refractivity (Wildman–Crippen MR) is 48.6 cm³/mol. The quantitative estimate of drug-likeness (QED) is 0.627. The van der Waals surface area contributed by atoms with Crippen molar-refractivity contribution in [1.29, 1.82) is 0 Å². The van der Waals surface area contributed by atoms with E-state index in [1.54, 1.807) is 14.2 Å². The van der Waals surface area contributed by atoms with Gasteiger partial charge in [-0.2, -0.15) is 0 Å². The van der Waals surface area contributed by atoms with Crippen molar-refractivity contribution in [2.24, 2.45) is 0 Å². The highest BCUT2D eigenvalue weighted by Crippen LogP contribution is 2.17. The van der Waals surface area contributed by atoms with Gasteiger partial charge in [0.05, 0.1) is 14.2 Å². The maximum atomic E-state index is 5.20. The molecule has 0 radical (unpaired) electrons. The Morgan fingerprint density at radius 1 is 1.17 bits per heavy atom. The fraction of sp³-hybridized carbons (Fsp3) is 0.400. The molecule has 0 heterocycles. The van der Waals surface area contributed by atoms with Crippen LogP contribution in [0, 0.1) is 0 Å². The van der Waals surface area contributed by atoms with Crippen molar-refractivity contribution < 1.29 is 9.47 Å². The Morgan fingerprint density at radius 3 is 2.50 bits per heavy atom. The first-order valence-corrected chi connectivity index (χ1v) is 3.94. The summed E-state index contributed by atoms with van der Waals surface area (Å²) in [5.74, 6) is 1.89. The van der Waals surface area contributed by atoms with Crippen LogP contribution < -0.4 is 0 Å². The number of rotatable bonds is 2. The number of methoxy groups -OCH3 is 2. The molecule has 0 saturated carbocycles. The van der Waals surface area contributed by atoms with Gasteiger partial charge < -0.3 is 9.47 Å². The number of ether oxygens (including phenoxy) is 2. The average Bonchev–Trinajstić information content (AvgIpc) is 2.27. The van der Waals surface area contributed by atoms with Crippen molar-refractivity contribution in [3.8, 4) is 0 Å². The van der Waals surface area contributed by atoms with Crippen LogP contribution in [0.1, 0.15) is 13.3 Å². The second kappa shape index (κ2) is 4.00. The van der Waals surface area contributed by atoms with Crippen LogP contribution in [0.5, 0.6) is 0 Å². The molecular formula is C10H14O2. The van der Waals surface area contributed by atoms with Gasteiger partial charge in [0, 0.05) is 6.42 Å². The zero-order chi connectivity index (χ0) is 8.97. The highest BCUT2D eigenvalue weighted by Gasteiger charge is 2.03. The smallest absolute Gasteiger partial charge is 0.115 e. The van der Waals surface area contributed by atoms with Gasteiger partial charge in [0.1, 0.15) is 11.5 Å². The minimum atomic E-state index is 0.804. The van der Waals surface area contributed by atoms with Crippen LogP contribution in [0.2, 0.25) is 0 Å². The van der Waals surface area contributed by atoms with Crippen LogP contribution in [-0.2, 0) is 9.47 Å². The van der Waals surface area contributed by atoms with Gasteiger partial charge >= 0.3 is 0 Å². The Bertz CT molecular complexity index is 247. The second-order valence-corrected chi connectivity index (χ2v) is 2.66. The van der Waals surface area contributed by atoms with Crippen molar-refractivity contribution in [2.75, 3.05) is 14.2 Å². The Morgan fingerprint density at radius 2 is 1.92 bits per heavy atom. The van der Waals surface area contributed by atoms with Crippen molar-refractivity contribution in [3.63, 3.8) is 0 Å². The molecule has 1 aliphatic rings. The molecule has 0 aromatic carbocycles. The summed E-state index contributed by atoms with van der Waals surface area (Å²) in [5, 5.41) is 0. The topological polar surface area (TPSA) is 18.5 Å². The highest BCUT2D eigenvalue weighted by molar-refractivity contribution is 5.30. The standard InChI is InChI=1S/C10H14O2/c1-8-4-5-9(11-2)6-7-10(8)12-3/h4-6H,7H2,1-3H3. The van der Waals surface area contributed by atoms with Crippen LogP contribution in [0.3, 0.4) is 0 Å². The monoisotopic (exact) mass is 166 g/mol. The minimum absolute atomic E-state index is 0.804. The highest BCUT2D eigenvalue weighted by atomic mass is 16.5. The van der Waals surface area contributed by atoms with Crippen LogP contribution in [-0.4, -0.2) is 14.2 Å². The van der Waals surface area contributed by atoms with E-state index >= 15 is 0 Å². The Hall–Kier alpha value is -1.18. The summed E-state index contributed by atoms with van der Waals surface area (Å²) in [7, 11) is 3.36. The summed E-state index contributed by atoms with van der Waals surface area (Å²) in [6.45, 7) is 2.03. The van der Waals surface area contributed by atoms with Crippen molar-refractivity contribution in [3.05, 3.63) is 35.3 Å². The van der Waals surface area contributed by atoms with Gasteiger partial charge in [0.15, 0.2) is 0 Å². The van der Waals surface area contributed by atoms with Crippen molar-refractivity contribution in [2.45, 2.75) is 13.3 Å². The van der Waals surface area contributed by atoms with E-state index in [1.807, 2.05) is 25.2 Å². The zero-order valence-corrected chi connectivity index (χ0v) is 7.76. The molecule has 0 aromatic rings. The molecule has 0 N–H and O–H groups in total. The van der Waals surface area contributed by atoms with E-state index < -0.39 is 0 Å². The summed E-state index contributed by atoms with van der Waals surface area (Å²) in [6, 6.07) is 0. The lowest BCUT2D eigenvalue weighted by atomic mass is 10.2. The average molecular weight is 166 g/mol. The summed E-state index contributed by atoms with van der Waals surface area (Å²) in [6.07, 6.45) is 6.76. The summed E-state index contributed by atoms with van der Waals surface area (Å²) >= 11 is 0. The Labute approximate surface area is 73.2 Å². The third kappa shape index (κ3) is 1.91. The fourth-order valence-corrected chi connectivity index (χ4v) is 1.12. The predicted octanol–water partition coefficient (Wildman–Crippen LogP) is 2.40. The van der Waals surface area contributed by atoms with Crippen LogP contribution >= 0.6 is 0 Å². The van der Waals surface area contributed by atoms with E-state index in [4.69, 9.17) is 9.47 Å². The van der Waals surface area contributed by atoms with Crippen molar-refractivity contribution in [1.82, 2.24) is 0 Å². The number of hydrogen-bond donors (Lipinski definition) is 0. The lowest BCUT2D eigenvalue weighted by molar-refractivity contribution is 0.278. The van der Waals surface area contributed by atoms with Gasteiger partial charge in [0.25, 0.3) is 0 Å². The normalized spacial score (nSPS) is 17.1. The molecule has 2 nitrogen and oxygen atoms in total. The maximum Gasteiger partial charge on any atom is 0.115 e. The molecule has 0 aromatic heterocycles. The molecule has 0 amide bonds. The molecule has 0 unspecified atom stereocenters. The van der Waals surface area contributed by atoms with Gasteiger partial charge in [0.2, 0.25) is 0 Å². The number of allylic oxidation sites excluding steroid dienone is 4. The van der Waals surface area contributed by atoms with E-state index in [9.17, 15) is 0 Å². The molecule has 1 aliphatic carbocycles. The summed E-state index contributed by atoms with van der Waals surface area (Å²) < 4.78 is 10.3. The van der Waals surface area contributed by atoms with Crippen LogP contribution in [0.25, 0.3) is 0 Å². The van der Waals surface area contributed by atoms with Gasteiger partial charge in [-0.1, -0.05) is 6.08 Å². The van der Waals surface area contributed by atoms with Crippen LogP contribution in [0.4, 0.5) is 0 Å².